The molecule has 7 nitrogen and oxygen atoms in total. The first-order valence-electron chi connectivity index (χ1n) is 8.15. The second-order valence-corrected chi connectivity index (χ2v) is 7.49. The molecule has 1 saturated heterocycles. The lowest BCUT2D eigenvalue weighted by atomic mass is 9.84. The number of carbonyl (C=O) groups excluding carboxylic acids is 2. The van der Waals surface area contributed by atoms with Crippen LogP contribution in [0, 0.1) is 6.92 Å². The summed E-state index contributed by atoms with van der Waals surface area (Å²) < 4.78 is 5.27. The zero-order valence-electron chi connectivity index (χ0n) is 15.1. The molecule has 25 heavy (non-hydrogen) atoms. The van der Waals surface area contributed by atoms with E-state index in [1.165, 1.54) is 0 Å². The molecule has 132 valence electrons. The number of imide groups is 1. The molecule has 1 aromatic heterocycles. The molecule has 0 radical (unpaired) electrons. The Hall–Kier alpha value is -2.70. The van der Waals surface area contributed by atoms with Crippen LogP contribution in [0.2, 0.25) is 0 Å². The fourth-order valence-corrected chi connectivity index (χ4v) is 2.88. The number of nitrogens with zero attached hydrogens (tertiary/aromatic N) is 3. The van der Waals surface area contributed by atoms with Crippen LogP contribution >= 0.6 is 0 Å². The molecule has 1 aromatic carbocycles. The lowest BCUT2D eigenvalue weighted by Crippen LogP contribution is -2.40. The van der Waals surface area contributed by atoms with Gasteiger partial charge in [-0.1, -0.05) is 45.0 Å². The maximum Gasteiger partial charge on any atom is 0.325 e. The van der Waals surface area contributed by atoms with E-state index in [-0.39, 0.29) is 23.8 Å². The molecule has 1 fully saturated rings. The second-order valence-electron chi connectivity index (χ2n) is 7.49. The van der Waals surface area contributed by atoms with E-state index in [0.29, 0.717) is 5.89 Å². The molecule has 3 amide bonds. The predicted octanol–water partition coefficient (Wildman–Crippen LogP) is 2.64. The van der Waals surface area contributed by atoms with Crippen molar-refractivity contribution in [3.8, 4) is 0 Å². The molecule has 1 unspecified atom stereocenters. The highest BCUT2D eigenvalue weighted by Crippen LogP contribution is 2.31. The van der Waals surface area contributed by atoms with Gasteiger partial charge in [0.05, 0.1) is 0 Å². The lowest BCUT2D eigenvalue weighted by Gasteiger charge is -2.24. The molecule has 7 heteroatoms. The Labute approximate surface area is 146 Å². The van der Waals surface area contributed by atoms with E-state index in [2.05, 4.69) is 36.3 Å². The zero-order valence-corrected chi connectivity index (χ0v) is 15.1. The number of hydrogen-bond acceptors (Lipinski definition) is 5. The van der Waals surface area contributed by atoms with Crippen molar-refractivity contribution in [2.45, 2.75) is 52.1 Å². The van der Waals surface area contributed by atoms with Gasteiger partial charge in [0.2, 0.25) is 11.8 Å². The minimum atomic E-state index is -1.11. The number of urea groups is 1. The van der Waals surface area contributed by atoms with Crippen LogP contribution in [0.1, 0.15) is 50.6 Å². The number of benzene rings is 1. The number of amides is 3. The third-order valence-electron chi connectivity index (χ3n) is 4.46. The van der Waals surface area contributed by atoms with Crippen molar-refractivity contribution in [3.63, 3.8) is 0 Å². The van der Waals surface area contributed by atoms with Crippen LogP contribution in [0.4, 0.5) is 4.79 Å². The molecule has 2 heterocycles. The third kappa shape index (κ3) is 3.01. The lowest BCUT2D eigenvalue weighted by molar-refractivity contribution is -0.131. The highest BCUT2D eigenvalue weighted by atomic mass is 16.4. The molecule has 3 rings (SSSR count). The van der Waals surface area contributed by atoms with Crippen molar-refractivity contribution in [3.05, 3.63) is 47.2 Å². The maximum absolute atomic E-state index is 12.9. The van der Waals surface area contributed by atoms with Crippen LogP contribution in [0.5, 0.6) is 0 Å². The monoisotopic (exact) mass is 342 g/mol. The van der Waals surface area contributed by atoms with Gasteiger partial charge in [0.25, 0.3) is 5.91 Å². The van der Waals surface area contributed by atoms with Gasteiger partial charge in [0.15, 0.2) is 0 Å². The summed E-state index contributed by atoms with van der Waals surface area (Å²) in [5.74, 6) is 0.285. The standard InChI is InChI=1S/C18H22N4O3/c1-11-20-21-14(25-11)10-22-15(23)18(5,19-16(22)24)13-8-6-12(7-9-13)17(2,3)4/h6-9H,10H2,1-5H3,(H,19,24). The van der Waals surface area contributed by atoms with Crippen LogP contribution in [0.3, 0.4) is 0 Å². The van der Waals surface area contributed by atoms with Crippen molar-refractivity contribution in [1.29, 1.82) is 0 Å². The number of nitrogens with one attached hydrogen (secondary N) is 1. The summed E-state index contributed by atoms with van der Waals surface area (Å²) in [5, 5.41) is 10.3. The first-order chi connectivity index (χ1) is 11.6. The highest BCUT2D eigenvalue weighted by molar-refractivity contribution is 6.07. The van der Waals surface area contributed by atoms with Gasteiger partial charge in [-0.2, -0.15) is 0 Å². The first kappa shape index (κ1) is 17.1. The fraction of sp³-hybridized carbons (Fsp3) is 0.444. The number of aryl methyl sites for hydroxylation is 1. The molecule has 1 aliphatic heterocycles. The number of carbonyl (C=O) groups is 2. The average Bonchev–Trinajstić information content (AvgIpc) is 3.04. The van der Waals surface area contributed by atoms with E-state index in [1.807, 2.05) is 24.3 Å². The maximum atomic E-state index is 12.9. The number of hydrogen-bond donors (Lipinski definition) is 1. The van der Waals surface area contributed by atoms with Gasteiger partial charge in [-0.05, 0) is 23.5 Å². The van der Waals surface area contributed by atoms with Gasteiger partial charge in [-0.3, -0.25) is 9.69 Å². The molecule has 2 aromatic rings. The van der Waals surface area contributed by atoms with Gasteiger partial charge in [0, 0.05) is 6.92 Å². The Balaban J connectivity index is 1.86. The Morgan fingerprint density at radius 2 is 1.80 bits per heavy atom. The number of rotatable bonds is 3. The summed E-state index contributed by atoms with van der Waals surface area (Å²) in [6.07, 6.45) is 0. The van der Waals surface area contributed by atoms with Crippen LogP contribution < -0.4 is 5.32 Å². The topological polar surface area (TPSA) is 88.3 Å². The molecule has 0 bridgehead atoms. The smallest absolute Gasteiger partial charge is 0.325 e. The van der Waals surface area contributed by atoms with E-state index < -0.39 is 11.6 Å². The largest absolute Gasteiger partial charge is 0.424 e. The summed E-state index contributed by atoms with van der Waals surface area (Å²) in [5.41, 5.74) is 0.810. The van der Waals surface area contributed by atoms with Gasteiger partial charge in [-0.15, -0.1) is 10.2 Å². The first-order valence-corrected chi connectivity index (χ1v) is 8.15. The molecular weight excluding hydrogens is 320 g/mol. The van der Waals surface area contributed by atoms with Crippen molar-refractivity contribution in [2.75, 3.05) is 0 Å². The van der Waals surface area contributed by atoms with Crippen LogP contribution in [0.15, 0.2) is 28.7 Å². The minimum Gasteiger partial charge on any atom is -0.424 e. The minimum absolute atomic E-state index is 0.0181. The van der Waals surface area contributed by atoms with Crippen LogP contribution in [-0.2, 0) is 22.3 Å². The van der Waals surface area contributed by atoms with Crippen molar-refractivity contribution < 1.29 is 14.0 Å². The molecule has 0 saturated carbocycles. The van der Waals surface area contributed by atoms with E-state index in [0.717, 1.165) is 16.0 Å². The Bertz CT molecular complexity index is 820. The average molecular weight is 342 g/mol. The molecule has 0 spiro atoms. The fourth-order valence-electron chi connectivity index (χ4n) is 2.88. The summed E-state index contributed by atoms with van der Waals surface area (Å²) in [6, 6.07) is 7.29. The summed E-state index contributed by atoms with van der Waals surface area (Å²) >= 11 is 0. The van der Waals surface area contributed by atoms with Gasteiger partial charge < -0.3 is 9.73 Å². The second kappa shape index (κ2) is 5.68. The van der Waals surface area contributed by atoms with Crippen LogP contribution in [-0.4, -0.2) is 27.0 Å². The molecule has 1 N–H and O–H groups in total. The summed E-state index contributed by atoms with van der Waals surface area (Å²) in [6.45, 7) is 9.70. The molecule has 0 aliphatic carbocycles. The van der Waals surface area contributed by atoms with Crippen molar-refractivity contribution in [2.24, 2.45) is 0 Å². The van der Waals surface area contributed by atoms with Crippen molar-refractivity contribution in [1.82, 2.24) is 20.4 Å². The number of aromatic nitrogens is 2. The summed E-state index contributed by atoms with van der Waals surface area (Å²) in [4.78, 5) is 26.3. The molecular formula is C18H22N4O3. The summed E-state index contributed by atoms with van der Waals surface area (Å²) in [7, 11) is 0. The van der Waals surface area contributed by atoms with Crippen LogP contribution in [0.25, 0.3) is 0 Å². The Kier molecular flexibility index (Phi) is 3.89. The van der Waals surface area contributed by atoms with Gasteiger partial charge in [-0.25, -0.2) is 4.79 Å². The van der Waals surface area contributed by atoms with E-state index in [9.17, 15) is 9.59 Å². The van der Waals surface area contributed by atoms with E-state index in [1.54, 1.807) is 13.8 Å². The van der Waals surface area contributed by atoms with Crippen molar-refractivity contribution >= 4 is 11.9 Å². The predicted molar refractivity (Wildman–Crippen MR) is 90.6 cm³/mol. The molecule has 1 aliphatic rings. The molecule has 1 atom stereocenters. The Morgan fingerprint density at radius 1 is 1.16 bits per heavy atom. The van der Waals surface area contributed by atoms with E-state index in [4.69, 9.17) is 4.42 Å². The van der Waals surface area contributed by atoms with E-state index >= 15 is 0 Å². The zero-order chi connectivity index (χ0) is 18.4. The highest BCUT2D eigenvalue weighted by Gasteiger charge is 2.49. The third-order valence-corrected chi connectivity index (χ3v) is 4.46. The Morgan fingerprint density at radius 3 is 2.32 bits per heavy atom. The van der Waals surface area contributed by atoms with Gasteiger partial charge >= 0.3 is 6.03 Å². The normalized spacial score (nSPS) is 20.9. The SMILES string of the molecule is Cc1nnc(CN2C(=O)NC(C)(c3ccc(C(C)(C)C)cc3)C2=O)o1. The quantitative estimate of drug-likeness (QED) is 0.866. The van der Waals surface area contributed by atoms with Gasteiger partial charge in [0.1, 0.15) is 12.1 Å².